The number of halogens is 2. The molecule has 0 aliphatic carbocycles. The Kier molecular flexibility index (Phi) is 6.05. The number of imidazole rings is 1. The van der Waals surface area contributed by atoms with Gasteiger partial charge in [-0.2, -0.15) is 0 Å². The molecule has 0 saturated heterocycles. The smallest absolute Gasteiger partial charge is 0.192 e. The zero-order valence-electron chi connectivity index (χ0n) is 20.1. The van der Waals surface area contributed by atoms with Crippen molar-refractivity contribution in [1.82, 2.24) is 9.55 Å². The van der Waals surface area contributed by atoms with Gasteiger partial charge >= 0.3 is 0 Å². The van der Waals surface area contributed by atoms with E-state index in [-0.39, 0.29) is 5.04 Å². The fraction of sp³-hybridized carbons (Fsp3) is 0.346. The van der Waals surface area contributed by atoms with Gasteiger partial charge in [0.05, 0.1) is 12.3 Å². The van der Waals surface area contributed by atoms with E-state index in [0.29, 0.717) is 24.5 Å². The van der Waals surface area contributed by atoms with Crippen molar-refractivity contribution in [1.29, 1.82) is 0 Å². The summed E-state index contributed by atoms with van der Waals surface area (Å²) >= 11 is 0. The quantitative estimate of drug-likeness (QED) is 0.375. The molecule has 4 nitrogen and oxygen atoms in total. The third-order valence-electron chi connectivity index (χ3n) is 6.78. The van der Waals surface area contributed by atoms with Gasteiger partial charge in [0.25, 0.3) is 0 Å². The Hall–Kier alpha value is -2.77. The Morgan fingerprint density at radius 2 is 1.85 bits per heavy atom. The van der Waals surface area contributed by atoms with Gasteiger partial charge in [0.15, 0.2) is 8.32 Å². The van der Waals surface area contributed by atoms with Crippen LogP contribution in [0.4, 0.5) is 14.5 Å². The van der Waals surface area contributed by atoms with E-state index in [0.717, 1.165) is 28.8 Å². The topological polar surface area (TPSA) is 30.3 Å². The minimum atomic E-state index is -1.83. The van der Waals surface area contributed by atoms with Crippen LogP contribution >= 0.6 is 0 Å². The second-order valence-electron chi connectivity index (χ2n) is 10.1. The Balaban J connectivity index is 1.55. The summed E-state index contributed by atoms with van der Waals surface area (Å²) in [5.74, 6) is -0.454. The maximum absolute atomic E-state index is 14.4. The molecule has 0 atom stereocenters. The number of rotatable bonds is 5. The van der Waals surface area contributed by atoms with Crippen molar-refractivity contribution in [3.63, 3.8) is 0 Å². The van der Waals surface area contributed by atoms with Gasteiger partial charge in [-0.15, -0.1) is 0 Å². The minimum Gasteiger partial charge on any atom is -0.413 e. The second kappa shape index (κ2) is 8.54. The van der Waals surface area contributed by atoms with Gasteiger partial charge in [-0.1, -0.05) is 32.9 Å². The van der Waals surface area contributed by atoms with Crippen molar-refractivity contribution in [3.05, 3.63) is 77.4 Å². The lowest BCUT2D eigenvalue weighted by molar-refractivity contribution is 0.276. The van der Waals surface area contributed by atoms with Crippen LogP contribution in [0.2, 0.25) is 18.1 Å². The lowest BCUT2D eigenvalue weighted by Crippen LogP contribution is -2.40. The molecule has 2 heterocycles. The molecule has 174 valence electrons. The third-order valence-corrected chi connectivity index (χ3v) is 11.3. The first-order valence-electron chi connectivity index (χ1n) is 11.2. The van der Waals surface area contributed by atoms with E-state index in [4.69, 9.17) is 4.43 Å². The summed E-state index contributed by atoms with van der Waals surface area (Å²) in [6.07, 6.45) is 3.90. The van der Waals surface area contributed by atoms with E-state index in [1.54, 1.807) is 0 Å². The van der Waals surface area contributed by atoms with E-state index >= 15 is 0 Å². The molecule has 2 aromatic carbocycles. The van der Waals surface area contributed by atoms with Crippen LogP contribution in [-0.2, 0) is 17.7 Å². The highest BCUT2D eigenvalue weighted by molar-refractivity contribution is 6.74. The summed E-state index contributed by atoms with van der Waals surface area (Å²) in [5.41, 5.74) is 3.86. The van der Waals surface area contributed by atoms with Crippen molar-refractivity contribution >= 4 is 20.1 Å². The molecule has 0 bridgehead atoms. The Labute approximate surface area is 195 Å². The standard InChI is InChI=1S/C26H31F2N3OSi/c1-18-25(22-11-10-20(27)15-23(22)28)29-24-12-13-30(17-31(18)24)21-9-7-8-19(14-21)16-32-33(5,6)26(2,3)4/h7-15H,16-17H2,1-6H3. The van der Waals surface area contributed by atoms with Crippen LogP contribution in [0.15, 0.2) is 48.7 Å². The van der Waals surface area contributed by atoms with Crippen LogP contribution in [0.5, 0.6) is 0 Å². The molecule has 4 rings (SSSR count). The molecular weight excluding hydrogens is 436 g/mol. The molecule has 0 radical (unpaired) electrons. The number of fused-ring (bicyclic) bond motifs is 1. The van der Waals surface area contributed by atoms with Gasteiger partial charge < -0.3 is 13.9 Å². The lowest BCUT2D eigenvalue weighted by Gasteiger charge is -2.36. The molecule has 0 unspecified atom stereocenters. The molecule has 1 aromatic heterocycles. The van der Waals surface area contributed by atoms with Crippen LogP contribution in [0, 0.1) is 18.6 Å². The van der Waals surface area contributed by atoms with Crippen LogP contribution in [0.1, 0.15) is 37.9 Å². The molecule has 0 saturated carbocycles. The first-order chi connectivity index (χ1) is 15.5. The first kappa shape index (κ1) is 23.4. The molecule has 0 N–H and O–H groups in total. The molecule has 3 aromatic rings. The maximum Gasteiger partial charge on any atom is 0.192 e. The molecule has 0 spiro atoms. The largest absolute Gasteiger partial charge is 0.413 e. The summed E-state index contributed by atoms with van der Waals surface area (Å²) in [4.78, 5) is 6.74. The van der Waals surface area contributed by atoms with Crippen LogP contribution in [0.25, 0.3) is 17.3 Å². The number of hydrogen-bond acceptors (Lipinski definition) is 3. The Morgan fingerprint density at radius 3 is 2.55 bits per heavy atom. The average molecular weight is 468 g/mol. The number of aromatic nitrogens is 2. The summed E-state index contributed by atoms with van der Waals surface area (Å²) in [5, 5.41) is 0.164. The highest BCUT2D eigenvalue weighted by Gasteiger charge is 2.37. The zero-order chi connectivity index (χ0) is 24.0. The van der Waals surface area contributed by atoms with Gasteiger partial charge in [-0.25, -0.2) is 13.8 Å². The highest BCUT2D eigenvalue weighted by atomic mass is 28.4. The summed E-state index contributed by atoms with van der Waals surface area (Å²) in [6.45, 7) is 14.3. The SMILES string of the molecule is Cc1c(-c2ccc(F)cc2F)nc2n1CN(c1cccc(CO[Si](C)(C)C(C)(C)C)c1)C=C2. The van der Waals surface area contributed by atoms with Gasteiger partial charge in [-0.3, -0.25) is 0 Å². The normalized spacial score (nSPS) is 14.0. The number of benzene rings is 2. The van der Waals surface area contributed by atoms with E-state index in [9.17, 15) is 8.78 Å². The van der Waals surface area contributed by atoms with Crippen molar-refractivity contribution < 1.29 is 13.2 Å². The van der Waals surface area contributed by atoms with Crippen molar-refractivity contribution in [2.45, 2.75) is 59.1 Å². The molecule has 7 heteroatoms. The van der Waals surface area contributed by atoms with Gasteiger partial charge in [-0.05, 0) is 61.0 Å². The van der Waals surface area contributed by atoms with E-state index in [1.807, 2.05) is 29.8 Å². The monoisotopic (exact) mass is 467 g/mol. The molecule has 33 heavy (non-hydrogen) atoms. The van der Waals surface area contributed by atoms with Gasteiger partial charge in [0.2, 0.25) is 0 Å². The van der Waals surface area contributed by atoms with Crippen LogP contribution in [0.3, 0.4) is 0 Å². The molecular formula is C26H31F2N3OSi. The Bertz CT molecular complexity index is 1210. The molecule has 0 fully saturated rings. The van der Waals surface area contributed by atoms with E-state index in [1.165, 1.54) is 12.1 Å². The third kappa shape index (κ3) is 4.65. The fourth-order valence-corrected chi connectivity index (χ4v) is 4.59. The zero-order valence-corrected chi connectivity index (χ0v) is 21.1. The van der Waals surface area contributed by atoms with Crippen molar-refractivity contribution in [2.75, 3.05) is 4.90 Å². The van der Waals surface area contributed by atoms with E-state index < -0.39 is 20.0 Å². The summed E-state index contributed by atoms with van der Waals surface area (Å²) in [6, 6.07) is 12.0. The van der Waals surface area contributed by atoms with Gasteiger partial charge in [0.1, 0.15) is 24.1 Å². The second-order valence-corrected chi connectivity index (χ2v) is 14.9. The lowest BCUT2D eigenvalue weighted by atomic mass is 10.1. The van der Waals surface area contributed by atoms with Gasteiger partial charge in [0, 0.05) is 29.2 Å². The predicted octanol–water partition coefficient (Wildman–Crippen LogP) is 7.11. The van der Waals surface area contributed by atoms with E-state index in [2.05, 4.69) is 61.9 Å². The summed E-state index contributed by atoms with van der Waals surface area (Å²) < 4.78 is 36.2. The van der Waals surface area contributed by atoms with Crippen molar-refractivity contribution in [3.8, 4) is 11.3 Å². The number of anilines is 1. The number of hydrogen-bond donors (Lipinski definition) is 0. The first-order valence-corrected chi connectivity index (χ1v) is 14.1. The highest BCUT2D eigenvalue weighted by Crippen LogP contribution is 2.37. The summed E-state index contributed by atoms with van der Waals surface area (Å²) in [7, 11) is -1.83. The minimum absolute atomic E-state index is 0.164. The van der Waals surface area contributed by atoms with Crippen LogP contribution < -0.4 is 4.90 Å². The maximum atomic E-state index is 14.4. The number of nitrogens with zero attached hydrogens (tertiary/aromatic N) is 3. The Morgan fingerprint density at radius 1 is 1.09 bits per heavy atom. The molecule has 1 aliphatic heterocycles. The fourth-order valence-electron chi connectivity index (χ4n) is 3.63. The predicted molar refractivity (Wildman–Crippen MR) is 132 cm³/mol. The molecule has 0 amide bonds. The van der Waals surface area contributed by atoms with Crippen molar-refractivity contribution in [2.24, 2.45) is 0 Å². The molecule has 1 aliphatic rings. The average Bonchev–Trinajstić information content (AvgIpc) is 3.07. The van der Waals surface area contributed by atoms with Crippen LogP contribution in [-0.4, -0.2) is 17.9 Å².